The van der Waals surface area contributed by atoms with Gasteiger partial charge in [-0.1, -0.05) is 6.07 Å². The summed E-state index contributed by atoms with van der Waals surface area (Å²) in [6.45, 7) is 1.07. The first kappa shape index (κ1) is 16.2. The highest BCUT2D eigenvalue weighted by Gasteiger charge is 2.39. The van der Waals surface area contributed by atoms with Gasteiger partial charge in [0.15, 0.2) is 0 Å². The number of nitrogens with zero attached hydrogens (tertiary/aromatic N) is 1. The Morgan fingerprint density at radius 3 is 2.57 bits per heavy atom. The van der Waals surface area contributed by atoms with E-state index in [-0.39, 0.29) is 10.9 Å². The number of rotatable bonds is 8. The smallest absolute Gasteiger partial charge is 0.247 e. The Bertz CT molecular complexity index is 585. The highest BCUT2D eigenvalue weighted by Crippen LogP contribution is 2.35. The van der Waals surface area contributed by atoms with Crippen molar-refractivity contribution in [2.24, 2.45) is 5.73 Å². The average molecular weight is 314 g/mol. The van der Waals surface area contributed by atoms with Gasteiger partial charge in [-0.15, -0.1) is 0 Å². The zero-order chi connectivity index (χ0) is 15.5. The SMILES string of the molecule is COCCN(C1CC1)S(=O)(=O)c1ccc(CN)cc1OC. The van der Waals surface area contributed by atoms with Crippen LogP contribution in [0.5, 0.6) is 5.75 Å². The van der Waals surface area contributed by atoms with Crippen LogP contribution < -0.4 is 10.5 Å². The van der Waals surface area contributed by atoms with E-state index in [4.69, 9.17) is 15.2 Å². The minimum atomic E-state index is -3.59. The predicted molar refractivity (Wildman–Crippen MR) is 79.7 cm³/mol. The number of ether oxygens (including phenoxy) is 2. The normalized spacial score (nSPS) is 15.4. The molecule has 0 unspecified atom stereocenters. The molecule has 1 fully saturated rings. The zero-order valence-electron chi connectivity index (χ0n) is 12.4. The zero-order valence-corrected chi connectivity index (χ0v) is 13.2. The molecule has 0 aliphatic heterocycles. The first-order valence-corrected chi connectivity index (χ1v) is 8.36. The molecule has 0 bridgehead atoms. The molecular weight excluding hydrogens is 292 g/mol. The first-order valence-electron chi connectivity index (χ1n) is 6.92. The molecule has 0 saturated heterocycles. The van der Waals surface area contributed by atoms with Gasteiger partial charge in [-0.05, 0) is 30.5 Å². The molecule has 0 atom stereocenters. The summed E-state index contributed by atoms with van der Waals surface area (Å²) in [5.74, 6) is 0.334. The molecule has 7 heteroatoms. The number of sulfonamides is 1. The molecule has 118 valence electrons. The van der Waals surface area contributed by atoms with Crippen molar-refractivity contribution in [1.29, 1.82) is 0 Å². The monoisotopic (exact) mass is 314 g/mol. The number of hydrogen-bond acceptors (Lipinski definition) is 5. The summed E-state index contributed by atoms with van der Waals surface area (Å²) in [4.78, 5) is 0.185. The molecule has 0 spiro atoms. The van der Waals surface area contributed by atoms with Crippen LogP contribution in [0, 0.1) is 0 Å². The Balaban J connectivity index is 2.37. The van der Waals surface area contributed by atoms with Crippen LogP contribution in [-0.2, 0) is 21.3 Å². The lowest BCUT2D eigenvalue weighted by Gasteiger charge is -2.22. The van der Waals surface area contributed by atoms with Gasteiger partial charge in [0.2, 0.25) is 10.0 Å². The van der Waals surface area contributed by atoms with Gasteiger partial charge in [-0.2, -0.15) is 4.31 Å². The van der Waals surface area contributed by atoms with Crippen molar-refractivity contribution in [2.75, 3.05) is 27.4 Å². The second kappa shape index (κ2) is 6.74. The van der Waals surface area contributed by atoms with Crippen LogP contribution in [0.15, 0.2) is 23.1 Å². The van der Waals surface area contributed by atoms with Crippen molar-refractivity contribution in [2.45, 2.75) is 30.3 Å². The third-order valence-corrected chi connectivity index (χ3v) is 5.51. The number of hydrogen-bond donors (Lipinski definition) is 1. The second-order valence-electron chi connectivity index (χ2n) is 5.03. The van der Waals surface area contributed by atoms with Gasteiger partial charge in [0.05, 0.1) is 13.7 Å². The van der Waals surface area contributed by atoms with E-state index in [0.29, 0.717) is 25.4 Å². The molecule has 0 amide bonds. The summed E-state index contributed by atoms with van der Waals surface area (Å²) >= 11 is 0. The molecular formula is C14H22N2O4S. The Morgan fingerprint density at radius 2 is 2.05 bits per heavy atom. The van der Waals surface area contributed by atoms with Crippen molar-refractivity contribution in [3.05, 3.63) is 23.8 Å². The highest BCUT2D eigenvalue weighted by atomic mass is 32.2. The minimum absolute atomic E-state index is 0.0732. The lowest BCUT2D eigenvalue weighted by molar-refractivity contribution is 0.177. The van der Waals surface area contributed by atoms with Crippen LogP contribution in [0.25, 0.3) is 0 Å². The fourth-order valence-corrected chi connectivity index (χ4v) is 4.03. The lowest BCUT2D eigenvalue weighted by atomic mass is 10.2. The van der Waals surface area contributed by atoms with E-state index in [2.05, 4.69) is 0 Å². The molecule has 2 N–H and O–H groups in total. The Kier molecular flexibility index (Phi) is 5.21. The van der Waals surface area contributed by atoms with E-state index in [1.165, 1.54) is 11.4 Å². The van der Waals surface area contributed by atoms with Gasteiger partial charge in [0, 0.05) is 26.2 Å². The van der Waals surface area contributed by atoms with Gasteiger partial charge < -0.3 is 15.2 Å². The van der Waals surface area contributed by atoms with E-state index in [1.54, 1.807) is 25.3 Å². The molecule has 1 aliphatic carbocycles. The minimum Gasteiger partial charge on any atom is -0.495 e. The van der Waals surface area contributed by atoms with E-state index in [0.717, 1.165) is 18.4 Å². The Hall–Kier alpha value is -1.15. The number of benzene rings is 1. The molecule has 0 aromatic heterocycles. The highest BCUT2D eigenvalue weighted by molar-refractivity contribution is 7.89. The standard InChI is InChI=1S/C14H22N2O4S/c1-19-8-7-16(12-4-5-12)21(17,18)14-6-3-11(10-15)9-13(14)20-2/h3,6,9,12H,4-5,7-8,10,15H2,1-2H3. The van der Waals surface area contributed by atoms with E-state index >= 15 is 0 Å². The lowest BCUT2D eigenvalue weighted by Crippen LogP contribution is -2.36. The summed E-state index contributed by atoms with van der Waals surface area (Å²) in [6.07, 6.45) is 1.79. The van der Waals surface area contributed by atoms with Crippen LogP contribution in [0.3, 0.4) is 0 Å². The van der Waals surface area contributed by atoms with Crippen molar-refractivity contribution in [3.63, 3.8) is 0 Å². The van der Waals surface area contributed by atoms with E-state index in [9.17, 15) is 8.42 Å². The van der Waals surface area contributed by atoms with Gasteiger partial charge in [-0.3, -0.25) is 0 Å². The quantitative estimate of drug-likeness (QED) is 0.772. The number of methoxy groups -OCH3 is 2. The fraction of sp³-hybridized carbons (Fsp3) is 0.571. The van der Waals surface area contributed by atoms with Crippen molar-refractivity contribution < 1.29 is 17.9 Å². The summed E-state index contributed by atoms with van der Waals surface area (Å²) in [5, 5.41) is 0. The van der Waals surface area contributed by atoms with Crippen LogP contribution in [0.1, 0.15) is 18.4 Å². The summed E-state index contributed by atoms with van der Waals surface area (Å²) < 4.78 is 37.5. The molecule has 1 aromatic rings. The summed E-state index contributed by atoms with van der Waals surface area (Å²) in [7, 11) is -0.563. The first-order chi connectivity index (χ1) is 10.0. The molecule has 2 rings (SSSR count). The van der Waals surface area contributed by atoms with Crippen LogP contribution in [0.4, 0.5) is 0 Å². The van der Waals surface area contributed by atoms with Gasteiger partial charge in [0.25, 0.3) is 0 Å². The van der Waals surface area contributed by atoms with Crippen LogP contribution in [-0.4, -0.2) is 46.1 Å². The van der Waals surface area contributed by atoms with E-state index < -0.39 is 10.0 Å². The van der Waals surface area contributed by atoms with Crippen molar-refractivity contribution in [3.8, 4) is 5.75 Å². The van der Waals surface area contributed by atoms with Crippen LogP contribution >= 0.6 is 0 Å². The largest absolute Gasteiger partial charge is 0.495 e. The molecule has 1 saturated carbocycles. The maximum Gasteiger partial charge on any atom is 0.247 e. The Morgan fingerprint density at radius 1 is 1.33 bits per heavy atom. The number of nitrogens with two attached hydrogens (primary N) is 1. The molecule has 6 nitrogen and oxygen atoms in total. The molecule has 1 aliphatic rings. The summed E-state index contributed by atoms with van der Waals surface area (Å²) in [5.41, 5.74) is 6.42. The molecule has 1 aromatic carbocycles. The fourth-order valence-electron chi connectivity index (χ4n) is 2.22. The molecule has 0 heterocycles. The van der Waals surface area contributed by atoms with Crippen LogP contribution in [0.2, 0.25) is 0 Å². The maximum absolute atomic E-state index is 12.9. The third-order valence-electron chi connectivity index (χ3n) is 3.52. The van der Waals surface area contributed by atoms with Gasteiger partial charge >= 0.3 is 0 Å². The average Bonchev–Trinajstić information content (AvgIpc) is 3.31. The third kappa shape index (κ3) is 3.55. The summed E-state index contributed by atoms with van der Waals surface area (Å²) in [6, 6.07) is 5.04. The van der Waals surface area contributed by atoms with Gasteiger partial charge in [-0.25, -0.2) is 8.42 Å². The Labute approximate surface area is 125 Å². The topological polar surface area (TPSA) is 81.9 Å². The maximum atomic E-state index is 12.9. The van der Waals surface area contributed by atoms with Crippen molar-refractivity contribution >= 4 is 10.0 Å². The second-order valence-corrected chi connectivity index (χ2v) is 6.89. The predicted octanol–water partition coefficient (Wildman–Crippen LogP) is 0.953. The van der Waals surface area contributed by atoms with Crippen molar-refractivity contribution in [1.82, 2.24) is 4.31 Å². The van der Waals surface area contributed by atoms with Gasteiger partial charge in [0.1, 0.15) is 10.6 Å². The molecule has 0 radical (unpaired) electrons. The molecule has 21 heavy (non-hydrogen) atoms. The van der Waals surface area contributed by atoms with E-state index in [1.807, 2.05) is 0 Å².